The van der Waals surface area contributed by atoms with Crippen LogP contribution in [-0.2, 0) is 10.2 Å². The lowest BCUT2D eigenvalue weighted by Gasteiger charge is -2.09. The highest BCUT2D eigenvalue weighted by Gasteiger charge is 2.29. The number of aromatic amines is 1. The summed E-state index contributed by atoms with van der Waals surface area (Å²) in [6.07, 6.45) is -3.34. The molecular formula is C5H7F3N4O2S. The van der Waals surface area contributed by atoms with Crippen LogP contribution in [0.2, 0.25) is 0 Å². The van der Waals surface area contributed by atoms with Crippen LogP contribution in [-0.4, -0.2) is 31.3 Å². The second-order valence-electron chi connectivity index (χ2n) is 2.51. The molecule has 6 nitrogen and oxygen atoms in total. The molecule has 0 atom stereocenters. The van der Waals surface area contributed by atoms with Gasteiger partial charge in [0.25, 0.3) is 0 Å². The molecule has 0 aliphatic rings. The summed E-state index contributed by atoms with van der Waals surface area (Å²) in [5.74, 6) is -0.0234. The molecule has 86 valence electrons. The number of hydrogen-bond donors (Lipinski definition) is 3. The van der Waals surface area contributed by atoms with Crippen LogP contribution in [0.1, 0.15) is 0 Å². The second kappa shape index (κ2) is 4.06. The van der Waals surface area contributed by atoms with Gasteiger partial charge in [0, 0.05) is 6.07 Å². The van der Waals surface area contributed by atoms with Crippen molar-refractivity contribution in [2.75, 3.05) is 11.3 Å². The van der Waals surface area contributed by atoms with Crippen LogP contribution in [0.3, 0.4) is 0 Å². The Bertz CT molecular complexity index is 398. The van der Waals surface area contributed by atoms with Crippen molar-refractivity contribution in [3.8, 4) is 0 Å². The monoisotopic (exact) mass is 244 g/mol. The average Bonchev–Trinajstić information content (AvgIpc) is 2.52. The van der Waals surface area contributed by atoms with Crippen molar-refractivity contribution >= 4 is 16.0 Å². The van der Waals surface area contributed by atoms with Crippen molar-refractivity contribution < 1.29 is 21.6 Å². The largest absolute Gasteiger partial charge is 0.402 e. The van der Waals surface area contributed by atoms with E-state index < -0.39 is 22.9 Å². The van der Waals surface area contributed by atoms with Crippen LogP contribution in [0.5, 0.6) is 0 Å². The van der Waals surface area contributed by atoms with Gasteiger partial charge in [0.15, 0.2) is 0 Å². The fourth-order valence-electron chi connectivity index (χ4n) is 0.670. The summed E-state index contributed by atoms with van der Waals surface area (Å²) in [4.78, 5) is 0. The molecule has 0 bridgehead atoms. The topological polar surface area (TPSA) is 86.9 Å². The quantitative estimate of drug-likeness (QED) is 0.708. The molecule has 0 saturated carbocycles. The Morgan fingerprint density at radius 1 is 1.47 bits per heavy atom. The lowest BCUT2D eigenvalue weighted by Crippen LogP contribution is -2.37. The summed E-state index contributed by atoms with van der Waals surface area (Å²) in [6.45, 7) is -1.63. The van der Waals surface area contributed by atoms with Gasteiger partial charge in [0.05, 0.1) is 6.20 Å². The smallest absolute Gasteiger partial charge is 0.262 e. The van der Waals surface area contributed by atoms with Crippen LogP contribution >= 0.6 is 0 Å². The van der Waals surface area contributed by atoms with Crippen molar-refractivity contribution in [1.82, 2.24) is 14.9 Å². The van der Waals surface area contributed by atoms with Crippen LogP contribution in [0.25, 0.3) is 0 Å². The van der Waals surface area contributed by atoms with Gasteiger partial charge in [-0.3, -0.25) is 9.82 Å². The standard InChI is InChI=1S/C5H7F3N4O2S/c6-5(7,8)3-10-15(13,14)12-4-1-2-9-11-4/h1-2,10H,3H2,(H2,9,11,12). The minimum Gasteiger partial charge on any atom is -0.262 e. The Morgan fingerprint density at radius 3 is 2.60 bits per heavy atom. The molecule has 15 heavy (non-hydrogen) atoms. The summed E-state index contributed by atoms with van der Waals surface area (Å²) in [5, 5.41) is 5.64. The van der Waals surface area contributed by atoms with Gasteiger partial charge in [0.1, 0.15) is 12.4 Å². The van der Waals surface area contributed by atoms with Crippen molar-refractivity contribution in [3.63, 3.8) is 0 Å². The van der Waals surface area contributed by atoms with Gasteiger partial charge in [-0.05, 0) is 0 Å². The maximum atomic E-state index is 11.7. The fourth-order valence-corrected chi connectivity index (χ4v) is 1.50. The molecule has 1 rings (SSSR count). The van der Waals surface area contributed by atoms with Crippen LogP contribution in [0.15, 0.2) is 12.3 Å². The predicted octanol–water partition coefficient (Wildman–Crippen LogP) is 0.218. The zero-order chi connectivity index (χ0) is 11.5. The summed E-state index contributed by atoms with van der Waals surface area (Å²) in [6, 6.07) is 1.26. The maximum Gasteiger partial charge on any atom is 0.402 e. The minimum absolute atomic E-state index is 0.0234. The Balaban J connectivity index is 2.54. The first-order chi connectivity index (χ1) is 6.79. The molecule has 1 heterocycles. The SMILES string of the molecule is O=S(=O)(NCC(F)(F)F)Nc1ccn[nH]1. The minimum atomic E-state index is -4.59. The molecule has 0 fully saturated rings. The van der Waals surface area contributed by atoms with Gasteiger partial charge in [-0.15, -0.1) is 0 Å². The zero-order valence-electron chi connectivity index (χ0n) is 7.17. The van der Waals surface area contributed by atoms with E-state index in [4.69, 9.17) is 0 Å². The first-order valence-corrected chi connectivity index (χ1v) is 5.10. The Morgan fingerprint density at radius 2 is 2.13 bits per heavy atom. The number of aromatic nitrogens is 2. The number of nitrogens with zero attached hydrogens (tertiary/aromatic N) is 1. The highest BCUT2D eigenvalue weighted by atomic mass is 32.2. The molecule has 1 aromatic heterocycles. The van der Waals surface area contributed by atoms with Gasteiger partial charge in [-0.25, -0.2) is 0 Å². The van der Waals surface area contributed by atoms with E-state index in [1.807, 2.05) is 4.72 Å². The Hall–Kier alpha value is -1.29. The third-order valence-corrected chi connectivity index (χ3v) is 2.22. The van der Waals surface area contributed by atoms with Crippen molar-refractivity contribution in [1.29, 1.82) is 0 Å². The molecule has 0 saturated heterocycles. The highest BCUT2D eigenvalue weighted by molar-refractivity contribution is 7.90. The van der Waals surface area contributed by atoms with E-state index in [2.05, 4.69) is 10.2 Å². The molecule has 10 heteroatoms. The Kier molecular flexibility index (Phi) is 3.19. The first kappa shape index (κ1) is 11.8. The number of anilines is 1. The predicted molar refractivity (Wildman–Crippen MR) is 45.2 cm³/mol. The number of H-pyrrole nitrogens is 1. The highest BCUT2D eigenvalue weighted by Crippen LogP contribution is 2.13. The maximum absolute atomic E-state index is 11.7. The Labute approximate surface area is 83.1 Å². The average molecular weight is 244 g/mol. The lowest BCUT2D eigenvalue weighted by molar-refractivity contribution is -0.121. The molecule has 0 unspecified atom stereocenters. The third kappa shape index (κ3) is 4.65. The molecule has 0 aliphatic heterocycles. The molecule has 3 N–H and O–H groups in total. The van der Waals surface area contributed by atoms with Crippen molar-refractivity contribution in [3.05, 3.63) is 12.3 Å². The number of hydrogen-bond acceptors (Lipinski definition) is 3. The third-order valence-electron chi connectivity index (χ3n) is 1.21. The fraction of sp³-hybridized carbons (Fsp3) is 0.400. The summed E-state index contributed by atoms with van der Waals surface area (Å²) < 4.78 is 60.2. The van der Waals surface area contributed by atoms with E-state index in [1.54, 1.807) is 0 Å². The number of alkyl halides is 3. The van der Waals surface area contributed by atoms with Crippen molar-refractivity contribution in [2.24, 2.45) is 0 Å². The van der Waals surface area contributed by atoms with E-state index in [9.17, 15) is 21.6 Å². The molecular weight excluding hydrogens is 237 g/mol. The molecule has 0 amide bonds. The van der Waals surface area contributed by atoms with Crippen LogP contribution < -0.4 is 9.44 Å². The van der Waals surface area contributed by atoms with E-state index in [1.165, 1.54) is 17.0 Å². The second-order valence-corrected chi connectivity index (χ2v) is 4.01. The van der Waals surface area contributed by atoms with Gasteiger partial charge in [-0.1, -0.05) is 0 Å². The molecule has 0 aromatic carbocycles. The number of nitrogens with one attached hydrogen (secondary N) is 3. The number of halogens is 3. The first-order valence-electron chi connectivity index (χ1n) is 3.62. The van der Waals surface area contributed by atoms with Crippen molar-refractivity contribution in [2.45, 2.75) is 6.18 Å². The van der Waals surface area contributed by atoms with Gasteiger partial charge >= 0.3 is 16.4 Å². The van der Waals surface area contributed by atoms with E-state index >= 15 is 0 Å². The summed E-state index contributed by atoms with van der Waals surface area (Å²) in [5.41, 5.74) is 0. The van der Waals surface area contributed by atoms with Crippen LogP contribution in [0, 0.1) is 0 Å². The lowest BCUT2D eigenvalue weighted by atomic mass is 10.7. The zero-order valence-corrected chi connectivity index (χ0v) is 7.98. The normalized spacial score (nSPS) is 12.7. The molecule has 0 spiro atoms. The number of rotatable bonds is 4. The van der Waals surface area contributed by atoms with Gasteiger partial charge in [0.2, 0.25) is 0 Å². The summed E-state index contributed by atoms with van der Waals surface area (Å²) >= 11 is 0. The van der Waals surface area contributed by atoms with E-state index in [0.29, 0.717) is 0 Å². The van der Waals surface area contributed by atoms with Gasteiger partial charge < -0.3 is 0 Å². The summed E-state index contributed by atoms with van der Waals surface area (Å²) in [7, 11) is -4.23. The molecule has 1 aromatic rings. The van der Waals surface area contributed by atoms with E-state index in [0.717, 1.165) is 0 Å². The van der Waals surface area contributed by atoms with E-state index in [-0.39, 0.29) is 5.82 Å². The van der Waals surface area contributed by atoms with Gasteiger partial charge in [-0.2, -0.15) is 31.4 Å². The van der Waals surface area contributed by atoms with Crippen LogP contribution in [0.4, 0.5) is 19.0 Å². The molecule has 0 aliphatic carbocycles. The molecule has 0 radical (unpaired) electrons.